The number of nitrogens with one attached hydrogen (secondary N) is 1. The maximum Gasteiger partial charge on any atom is 0.331 e. The molecule has 0 heterocycles. The molecule has 27 heavy (non-hydrogen) atoms. The highest BCUT2D eigenvalue weighted by molar-refractivity contribution is 6.33. The minimum Gasteiger partial charge on any atom is -0.467 e. The Labute approximate surface area is 164 Å². The second-order valence-corrected chi connectivity index (χ2v) is 6.81. The van der Waals surface area contributed by atoms with Gasteiger partial charge in [0, 0.05) is 13.1 Å². The van der Waals surface area contributed by atoms with Crippen molar-refractivity contribution in [2.24, 2.45) is 0 Å². The van der Waals surface area contributed by atoms with Gasteiger partial charge in [-0.1, -0.05) is 30.1 Å². The van der Waals surface area contributed by atoms with E-state index in [2.05, 4.69) is 5.32 Å². The number of esters is 1. The van der Waals surface area contributed by atoms with E-state index in [1.165, 1.54) is 7.11 Å². The highest BCUT2D eigenvalue weighted by Gasteiger charge is 2.36. The van der Waals surface area contributed by atoms with E-state index in [0.29, 0.717) is 31.6 Å². The van der Waals surface area contributed by atoms with Crippen molar-refractivity contribution in [2.45, 2.75) is 53.0 Å². The molecule has 1 unspecified atom stereocenters. The van der Waals surface area contributed by atoms with Gasteiger partial charge < -0.3 is 10.1 Å². The van der Waals surface area contributed by atoms with Gasteiger partial charge in [-0.25, -0.2) is 4.79 Å². The molecule has 2 radical (unpaired) electrons. The highest BCUT2D eigenvalue weighted by Crippen LogP contribution is 2.16. The zero-order valence-electron chi connectivity index (χ0n) is 17.3. The van der Waals surface area contributed by atoms with Gasteiger partial charge in [-0.15, -0.1) is 0 Å². The standard InChI is InChI=1S/C20H31BN2O4/c1-7-23(27-8-2)12-11-20(5,19(25)26-6)22-18(24)13-16-14(3)9-10-17(21)15(16)4/h9-10H,7-8,11-13H2,1-6H3,(H,22,24). The van der Waals surface area contributed by atoms with Crippen molar-refractivity contribution in [1.82, 2.24) is 10.4 Å². The first-order chi connectivity index (χ1) is 12.7. The highest BCUT2D eigenvalue weighted by atomic mass is 16.7. The lowest BCUT2D eigenvalue weighted by Crippen LogP contribution is -2.54. The first kappa shape index (κ1) is 23.2. The third-order valence-electron chi connectivity index (χ3n) is 4.79. The molecule has 1 rings (SSSR count). The van der Waals surface area contributed by atoms with Crippen molar-refractivity contribution in [3.63, 3.8) is 0 Å². The van der Waals surface area contributed by atoms with Gasteiger partial charge in [-0.05, 0) is 45.2 Å². The van der Waals surface area contributed by atoms with Crippen LogP contribution in [-0.4, -0.2) is 57.1 Å². The topological polar surface area (TPSA) is 67.9 Å². The zero-order valence-corrected chi connectivity index (χ0v) is 17.3. The summed E-state index contributed by atoms with van der Waals surface area (Å²) in [4.78, 5) is 30.6. The number of ether oxygens (including phenoxy) is 1. The first-order valence-electron chi connectivity index (χ1n) is 9.30. The largest absolute Gasteiger partial charge is 0.467 e. The third-order valence-corrected chi connectivity index (χ3v) is 4.79. The lowest BCUT2D eigenvalue weighted by molar-refractivity contribution is -0.162. The molecule has 0 aliphatic heterocycles. The Balaban J connectivity index is 2.91. The monoisotopic (exact) mass is 374 g/mol. The molecule has 1 atom stereocenters. The molecule has 0 aliphatic rings. The predicted molar refractivity (Wildman–Crippen MR) is 107 cm³/mol. The van der Waals surface area contributed by atoms with E-state index in [1.54, 1.807) is 12.0 Å². The summed E-state index contributed by atoms with van der Waals surface area (Å²) in [7, 11) is 7.28. The van der Waals surface area contributed by atoms with Gasteiger partial charge in [-0.2, -0.15) is 5.06 Å². The molecule has 0 saturated carbocycles. The van der Waals surface area contributed by atoms with Crippen molar-refractivity contribution in [3.05, 3.63) is 28.8 Å². The second kappa shape index (κ2) is 10.5. The predicted octanol–water partition coefficient (Wildman–Crippen LogP) is 1.35. The smallest absolute Gasteiger partial charge is 0.331 e. The van der Waals surface area contributed by atoms with Crippen molar-refractivity contribution in [1.29, 1.82) is 0 Å². The molecule has 6 nitrogen and oxygen atoms in total. The van der Waals surface area contributed by atoms with Gasteiger partial charge >= 0.3 is 5.97 Å². The molecule has 0 aliphatic carbocycles. The fraction of sp³-hybridized carbons (Fsp3) is 0.600. The SMILES string of the molecule is [B]c1ccc(C)c(CC(=O)NC(C)(CCN(CC)OCC)C(=O)OC)c1C. The van der Waals surface area contributed by atoms with Crippen molar-refractivity contribution >= 4 is 25.2 Å². The van der Waals surface area contributed by atoms with Crippen LogP contribution in [0.5, 0.6) is 0 Å². The average Bonchev–Trinajstić information content (AvgIpc) is 2.64. The first-order valence-corrected chi connectivity index (χ1v) is 9.30. The molecule has 0 aromatic heterocycles. The lowest BCUT2D eigenvalue weighted by Gasteiger charge is -2.30. The number of hydroxylamine groups is 2. The number of hydrogen-bond donors (Lipinski definition) is 1. The number of nitrogens with zero attached hydrogens (tertiary/aromatic N) is 1. The number of aryl methyl sites for hydroxylation is 1. The Morgan fingerprint density at radius 2 is 1.93 bits per heavy atom. The summed E-state index contributed by atoms with van der Waals surface area (Å²) >= 11 is 0. The lowest BCUT2D eigenvalue weighted by atomic mass is 9.85. The van der Waals surface area contributed by atoms with Gasteiger partial charge in [0.05, 0.1) is 20.1 Å². The molecule has 0 saturated heterocycles. The molecular formula is C20H31BN2O4. The van der Waals surface area contributed by atoms with E-state index in [0.717, 1.165) is 16.7 Å². The number of hydrogen-bond acceptors (Lipinski definition) is 5. The van der Waals surface area contributed by atoms with Crippen molar-refractivity contribution in [3.8, 4) is 0 Å². The number of rotatable bonds is 10. The Bertz CT molecular complexity index is 666. The van der Waals surface area contributed by atoms with E-state index in [9.17, 15) is 9.59 Å². The van der Waals surface area contributed by atoms with Gasteiger partial charge in [-0.3, -0.25) is 9.63 Å². The maximum atomic E-state index is 12.7. The van der Waals surface area contributed by atoms with Crippen LogP contribution in [0, 0.1) is 13.8 Å². The fourth-order valence-electron chi connectivity index (χ4n) is 2.98. The van der Waals surface area contributed by atoms with E-state index >= 15 is 0 Å². The molecule has 1 amide bonds. The van der Waals surface area contributed by atoms with Crippen molar-refractivity contribution < 1.29 is 19.2 Å². The van der Waals surface area contributed by atoms with Gasteiger partial charge in [0.25, 0.3) is 0 Å². The number of carbonyl (C=O) groups excluding carboxylic acids is 2. The minimum absolute atomic E-state index is 0.151. The van der Waals surface area contributed by atoms with E-state index in [-0.39, 0.29) is 12.3 Å². The summed E-state index contributed by atoms with van der Waals surface area (Å²) in [6.45, 7) is 11.1. The van der Waals surface area contributed by atoms with Gasteiger partial charge in [0.2, 0.25) is 5.91 Å². The number of amides is 1. The van der Waals surface area contributed by atoms with Crippen LogP contribution in [-0.2, 0) is 25.6 Å². The van der Waals surface area contributed by atoms with Gasteiger partial charge in [0.15, 0.2) is 0 Å². The molecule has 148 valence electrons. The fourth-order valence-corrected chi connectivity index (χ4v) is 2.98. The molecular weight excluding hydrogens is 343 g/mol. The van der Waals surface area contributed by atoms with E-state index < -0.39 is 11.5 Å². The number of benzene rings is 1. The molecule has 0 bridgehead atoms. The molecule has 1 aromatic rings. The van der Waals surface area contributed by atoms with E-state index in [4.69, 9.17) is 17.4 Å². The van der Waals surface area contributed by atoms with Crippen molar-refractivity contribution in [2.75, 3.05) is 26.8 Å². The third kappa shape index (κ3) is 6.36. The zero-order chi connectivity index (χ0) is 20.6. The normalized spacial score (nSPS) is 13.3. The maximum absolute atomic E-state index is 12.7. The summed E-state index contributed by atoms with van der Waals surface area (Å²) in [5.74, 6) is -0.733. The van der Waals surface area contributed by atoms with Crippen LogP contribution >= 0.6 is 0 Å². The van der Waals surface area contributed by atoms with E-state index in [1.807, 2.05) is 39.8 Å². The second-order valence-electron chi connectivity index (χ2n) is 6.81. The summed E-state index contributed by atoms with van der Waals surface area (Å²) in [5, 5.41) is 4.61. The van der Waals surface area contributed by atoms with Crippen LogP contribution in [0.25, 0.3) is 0 Å². The van der Waals surface area contributed by atoms with Crippen LogP contribution in [0.2, 0.25) is 0 Å². The van der Waals surface area contributed by atoms with Crippen LogP contribution in [0.3, 0.4) is 0 Å². The molecule has 1 N–H and O–H groups in total. The molecule has 7 heteroatoms. The number of carbonyl (C=O) groups is 2. The molecule has 1 aromatic carbocycles. The summed E-state index contributed by atoms with van der Waals surface area (Å²) in [6.07, 6.45) is 0.520. The van der Waals surface area contributed by atoms with Crippen LogP contribution in [0.1, 0.15) is 43.9 Å². The Morgan fingerprint density at radius 3 is 2.48 bits per heavy atom. The Hall–Kier alpha value is -1.86. The van der Waals surface area contributed by atoms with Crippen LogP contribution in [0.4, 0.5) is 0 Å². The average molecular weight is 374 g/mol. The number of methoxy groups -OCH3 is 1. The molecule has 0 fully saturated rings. The van der Waals surface area contributed by atoms with Gasteiger partial charge in [0.1, 0.15) is 13.4 Å². The Morgan fingerprint density at radius 1 is 1.26 bits per heavy atom. The Kier molecular flexibility index (Phi) is 8.99. The summed E-state index contributed by atoms with van der Waals surface area (Å²) < 4.78 is 4.93. The minimum atomic E-state index is -1.14. The van der Waals surface area contributed by atoms with Crippen LogP contribution in [0.15, 0.2) is 12.1 Å². The summed E-state index contributed by atoms with van der Waals surface area (Å²) in [5.41, 5.74) is 2.26. The van der Waals surface area contributed by atoms with Crippen LogP contribution < -0.4 is 10.8 Å². The molecule has 0 spiro atoms. The summed E-state index contributed by atoms with van der Waals surface area (Å²) in [6, 6.07) is 3.73. The quantitative estimate of drug-likeness (QED) is 0.381.